The van der Waals surface area contributed by atoms with Gasteiger partial charge in [0.15, 0.2) is 16.7 Å². The summed E-state index contributed by atoms with van der Waals surface area (Å²) in [6, 6.07) is 10.9. The standard InChI is InChI=1S/C18H15ClN2O3S/c1-10-5-3-4-6-13(10)20-18-21-17(23)15(25-18)9-11-7-12(19)16(22)14(8-11)24-2/h3-9,22H,1-2H3,(H,20,21,23)/b15-9-. The average Bonchev–Trinajstić information content (AvgIpc) is 2.92. The lowest BCUT2D eigenvalue weighted by molar-refractivity contribution is -0.115. The maximum atomic E-state index is 12.2. The predicted octanol–water partition coefficient (Wildman–Crippen LogP) is 4.25. The van der Waals surface area contributed by atoms with Crippen LogP contribution in [0.1, 0.15) is 11.1 Å². The molecule has 0 saturated carbocycles. The number of rotatable bonds is 3. The zero-order valence-corrected chi connectivity index (χ0v) is 15.1. The fourth-order valence-electron chi connectivity index (χ4n) is 2.26. The van der Waals surface area contributed by atoms with Crippen LogP contribution in [0, 0.1) is 6.92 Å². The second kappa shape index (κ2) is 7.21. The highest BCUT2D eigenvalue weighted by Gasteiger charge is 2.24. The Balaban J connectivity index is 1.90. The number of halogens is 1. The molecule has 1 aliphatic heterocycles. The van der Waals surface area contributed by atoms with Gasteiger partial charge in [0.05, 0.1) is 22.7 Å². The Morgan fingerprint density at radius 1 is 1.32 bits per heavy atom. The number of nitrogens with one attached hydrogen (secondary N) is 1. The summed E-state index contributed by atoms with van der Waals surface area (Å²) in [5.41, 5.74) is 2.48. The third-order valence-electron chi connectivity index (χ3n) is 3.56. The van der Waals surface area contributed by atoms with E-state index in [1.807, 2.05) is 31.2 Å². The minimum atomic E-state index is -0.236. The normalized spacial score (nSPS) is 17.2. The van der Waals surface area contributed by atoms with Gasteiger partial charge < -0.3 is 15.2 Å². The molecular formula is C18H15ClN2O3S. The van der Waals surface area contributed by atoms with E-state index in [0.717, 1.165) is 11.3 Å². The summed E-state index contributed by atoms with van der Waals surface area (Å²) < 4.78 is 5.08. The lowest BCUT2D eigenvalue weighted by Crippen LogP contribution is -2.19. The molecule has 25 heavy (non-hydrogen) atoms. The largest absolute Gasteiger partial charge is 0.503 e. The van der Waals surface area contributed by atoms with Gasteiger partial charge in [0, 0.05) is 0 Å². The number of aryl methyl sites for hydroxylation is 1. The Hall–Kier alpha value is -2.44. The Bertz CT molecular complexity index is 909. The highest BCUT2D eigenvalue weighted by molar-refractivity contribution is 8.18. The second-order valence-electron chi connectivity index (χ2n) is 5.32. The average molecular weight is 375 g/mol. The molecular weight excluding hydrogens is 360 g/mol. The summed E-state index contributed by atoms with van der Waals surface area (Å²) in [6.45, 7) is 1.96. The van der Waals surface area contributed by atoms with Crippen LogP contribution in [0.25, 0.3) is 6.08 Å². The molecule has 1 saturated heterocycles. The molecule has 0 atom stereocenters. The number of aromatic hydroxyl groups is 1. The Morgan fingerprint density at radius 2 is 2.08 bits per heavy atom. The van der Waals surface area contributed by atoms with Crippen LogP contribution in [0.15, 0.2) is 46.3 Å². The topological polar surface area (TPSA) is 70.9 Å². The number of methoxy groups -OCH3 is 1. The van der Waals surface area contributed by atoms with Crippen molar-refractivity contribution in [1.29, 1.82) is 0 Å². The molecule has 1 fully saturated rings. The van der Waals surface area contributed by atoms with Crippen molar-refractivity contribution < 1.29 is 14.6 Å². The molecule has 1 heterocycles. The zero-order valence-electron chi connectivity index (χ0n) is 13.5. The first-order valence-electron chi connectivity index (χ1n) is 7.39. The van der Waals surface area contributed by atoms with Gasteiger partial charge in [0.2, 0.25) is 0 Å². The van der Waals surface area contributed by atoms with Crippen molar-refractivity contribution in [1.82, 2.24) is 5.32 Å². The summed E-state index contributed by atoms with van der Waals surface area (Å²) in [5, 5.41) is 13.2. The molecule has 2 aromatic rings. The highest BCUT2D eigenvalue weighted by atomic mass is 35.5. The van der Waals surface area contributed by atoms with E-state index in [1.165, 1.54) is 18.9 Å². The van der Waals surface area contributed by atoms with Crippen molar-refractivity contribution >= 4 is 46.2 Å². The third-order valence-corrected chi connectivity index (χ3v) is 4.75. The number of benzene rings is 2. The maximum absolute atomic E-state index is 12.2. The van der Waals surface area contributed by atoms with Gasteiger partial charge in [0.1, 0.15) is 0 Å². The number of hydrogen-bond acceptors (Lipinski definition) is 5. The van der Waals surface area contributed by atoms with E-state index in [4.69, 9.17) is 16.3 Å². The molecule has 3 rings (SSSR count). The number of nitrogens with zero attached hydrogens (tertiary/aromatic N) is 1. The second-order valence-corrected chi connectivity index (χ2v) is 6.76. The number of amides is 1. The Kier molecular flexibility index (Phi) is 5.01. The molecule has 1 amide bonds. The van der Waals surface area contributed by atoms with Gasteiger partial charge in [-0.05, 0) is 54.1 Å². The summed E-state index contributed by atoms with van der Waals surface area (Å²) >= 11 is 7.23. The van der Waals surface area contributed by atoms with Crippen LogP contribution < -0.4 is 10.1 Å². The molecule has 0 radical (unpaired) electrons. The van der Waals surface area contributed by atoms with Gasteiger partial charge in [0.25, 0.3) is 5.91 Å². The molecule has 2 N–H and O–H groups in total. The van der Waals surface area contributed by atoms with Crippen molar-refractivity contribution in [3.8, 4) is 11.5 Å². The van der Waals surface area contributed by atoms with Crippen molar-refractivity contribution in [2.45, 2.75) is 6.92 Å². The van der Waals surface area contributed by atoms with Crippen LogP contribution in [0.5, 0.6) is 11.5 Å². The Morgan fingerprint density at radius 3 is 2.80 bits per heavy atom. The van der Waals surface area contributed by atoms with Gasteiger partial charge in [-0.25, -0.2) is 4.99 Å². The highest BCUT2D eigenvalue weighted by Crippen LogP contribution is 2.37. The van der Waals surface area contributed by atoms with Crippen LogP contribution in [-0.4, -0.2) is 23.3 Å². The van der Waals surface area contributed by atoms with Crippen molar-refractivity contribution in [3.05, 3.63) is 57.5 Å². The van der Waals surface area contributed by atoms with E-state index in [2.05, 4.69) is 10.3 Å². The van der Waals surface area contributed by atoms with Gasteiger partial charge >= 0.3 is 0 Å². The van der Waals surface area contributed by atoms with E-state index >= 15 is 0 Å². The Labute approximate surface area is 154 Å². The van der Waals surface area contributed by atoms with Gasteiger partial charge in [-0.3, -0.25) is 4.79 Å². The number of amidine groups is 1. The number of hydrogen-bond donors (Lipinski definition) is 2. The summed E-state index contributed by atoms with van der Waals surface area (Å²) in [7, 11) is 1.44. The molecule has 128 valence electrons. The molecule has 0 aromatic heterocycles. The number of ether oxygens (including phenoxy) is 1. The maximum Gasteiger partial charge on any atom is 0.264 e. The van der Waals surface area contributed by atoms with Crippen molar-refractivity contribution in [2.24, 2.45) is 4.99 Å². The number of carbonyl (C=O) groups excluding carboxylic acids is 1. The van der Waals surface area contributed by atoms with E-state index in [9.17, 15) is 9.90 Å². The first-order chi connectivity index (χ1) is 12.0. The molecule has 7 heteroatoms. The fourth-order valence-corrected chi connectivity index (χ4v) is 3.32. The lowest BCUT2D eigenvalue weighted by atomic mass is 10.2. The number of phenols is 1. The summed E-state index contributed by atoms with van der Waals surface area (Å²) in [4.78, 5) is 17.1. The molecule has 0 bridgehead atoms. The van der Waals surface area contributed by atoms with Gasteiger partial charge in [-0.1, -0.05) is 29.8 Å². The van der Waals surface area contributed by atoms with Crippen LogP contribution in [0.3, 0.4) is 0 Å². The molecule has 0 spiro atoms. The van der Waals surface area contributed by atoms with E-state index in [-0.39, 0.29) is 22.4 Å². The number of para-hydroxylation sites is 1. The van der Waals surface area contributed by atoms with Crippen LogP contribution >= 0.6 is 23.4 Å². The third kappa shape index (κ3) is 3.81. The SMILES string of the molecule is COc1cc(/C=C2\SC(=Nc3ccccc3C)NC2=O)cc(Cl)c1O. The minimum absolute atomic E-state index is 0.128. The molecule has 0 unspecified atom stereocenters. The monoisotopic (exact) mass is 374 g/mol. The van der Waals surface area contributed by atoms with Crippen molar-refractivity contribution in [2.75, 3.05) is 7.11 Å². The van der Waals surface area contributed by atoms with Crippen molar-refractivity contribution in [3.63, 3.8) is 0 Å². The molecule has 5 nitrogen and oxygen atoms in total. The number of aliphatic imine (C=N–C) groups is 1. The number of phenolic OH excluding ortho intramolecular Hbond substituents is 1. The molecule has 1 aliphatic rings. The predicted molar refractivity (Wildman–Crippen MR) is 102 cm³/mol. The van der Waals surface area contributed by atoms with E-state index < -0.39 is 0 Å². The fraction of sp³-hybridized carbons (Fsp3) is 0.111. The van der Waals surface area contributed by atoms with Gasteiger partial charge in [-0.15, -0.1) is 0 Å². The quantitative estimate of drug-likeness (QED) is 0.788. The molecule has 2 aromatic carbocycles. The van der Waals surface area contributed by atoms with E-state index in [1.54, 1.807) is 18.2 Å². The summed E-state index contributed by atoms with van der Waals surface area (Å²) in [5.74, 6) is -0.117. The van der Waals surface area contributed by atoms with Crippen LogP contribution in [0.2, 0.25) is 5.02 Å². The van der Waals surface area contributed by atoms with Gasteiger partial charge in [-0.2, -0.15) is 0 Å². The molecule has 0 aliphatic carbocycles. The zero-order chi connectivity index (χ0) is 18.0. The first kappa shape index (κ1) is 17.4. The van der Waals surface area contributed by atoms with Crippen LogP contribution in [-0.2, 0) is 4.79 Å². The number of thioether (sulfide) groups is 1. The smallest absolute Gasteiger partial charge is 0.264 e. The number of carbonyl (C=O) groups is 1. The van der Waals surface area contributed by atoms with Crippen LogP contribution in [0.4, 0.5) is 5.69 Å². The first-order valence-corrected chi connectivity index (χ1v) is 8.59. The summed E-state index contributed by atoms with van der Waals surface area (Å²) in [6.07, 6.45) is 1.67. The lowest BCUT2D eigenvalue weighted by Gasteiger charge is -2.06. The van der Waals surface area contributed by atoms with E-state index in [0.29, 0.717) is 15.6 Å². The minimum Gasteiger partial charge on any atom is -0.503 e.